The van der Waals surface area contributed by atoms with Crippen LogP contribution in [0.1, 0.15) is 65.4 Å². The number of hydrogen-bond acceptors (Lipinski definition) is 3. The molecule has 3 rings (SSSR count). The third-order valence-corrected chi connectivity index (χ3v) is 5.88. The quantitative estimate of drug-likeness (QED) is 0.753. The van der Waals surface area contributed by atoms with Crippen molar-refractivity contribution in [3.05, 3.63) is 23.9 Å². The van der Waals surface area contributed by atoms with E-state index in [2.05, 4.69) is 47.7 Å². The molecule has 1 aromatic heterocycles. The van der Waals surface area contributed by atoms with Crippen LogP contribution < -0.4 is 4.90 Å². The monoisotopic (exact) mass is 345 g/mol. The normalized spacial score (nSPS) is 20.5. The van der Waals surface area contributed by atoms with E-state index in [1.165, 1.54) is 69.7 Å². The van der Waals surface area contributed by atoms with Gasteiger partial charge in [0.2, 0.25) is 0 Å². The zero-order valence-corrected chi connectivity index (χ0v) is 17.2. The number of rotatable bonds is 4. The van der Waals surface area contributed by atoms with Gasteiger partial charge in [-0.3, -0.25) is 0 Å². The topological polar surface area (TPSA) is 19.4 Å². The molecule has 0 bridgehead atoms. The molecule has 0 atom stereocenters. The summed E-state index contributed by atoms with van der Waals surface area (Å²) in [5.41, 5.74) is 1.25. The molecule has 0 radical (unpaired) electrons. The molecule has 0 spiro atoms. The summed E-state index contributed by atoms with van der Waals surface area (Å²) in [6, 6.07) is 5.08. The van der Waals surface area contributed by atoms with E-state index in [9.17, 15) is 0 Å². The second-order valence-corrected chi connectivity index (χ2v) is 7.93. The maximum Gasteiger partial charge on any atom is 0.128 e. The van der Waals surface area contributed by atoms with Gasteiger partial charge >= 0.3 is 0 Å². The molecule has 0 saturated carbocycles. The fourth-order valence-corrected chi connectivity index (χ4v) is 4.22. The summed E-state index contributed by atoms with van der Waals surface area (Å²) in [6.07, 6.45) is 8.97. The lowest BCUT2D eigenvalue weighted by Crippen LogP contribution is -2.40. The summed E-state index contributed by atoms with van der Waals surface area (Å²) in [6.45, 7) is 15.8. The highest BCUT2D eigenvalue weighted by Crippen LogP contribution is 2.31. The Bertz CT molecular complexity index is 467. The van der Waals surface area contributed by atoms with Crippen LogP contribution in [0.4, 0.5) is 5.82 Å². The Labute approximate surface area is 155 Å². The van der Waals surface area contributed by atoms with Gasteiger partial charge in [-0.05, 0) is 89.4 Å². The first-order chi connectivity index (χ1) is 12.1. The van der Waals surface area contributed by atoms with E-state index in [0.717, 1.165) is 17.9 Å². The summed E-state index contributed by atoms with van der Waals surface area (Å²) in [4.78, 5) is 9.70. The fraction of sp³-hybridized carbons (Fsp3) is 0.773. The van der Waals surface area contributed by atoms with Gasteiger partial charge in [0.1, 0.15) is 5.82 Å². The van der Waals surface area contributed by atoms with Crippen molar-refractivity contribution in [2.45, 2.75) is 72.8 Å². The van der Waals surface area contributed by atoms with Gasteiger partial charge in [-0.1, -0.05) is 19.9 Å². The van der Waals surface area contributed by atoms with Crippen molar-refractivity contribution in [1.82, 2.24) is 9.88 Å². The van der Waals surface area contributed by atoms with Gasteiger partial charge in [-0.2, -0.15) is 0 Å². The molecule has 0 unspecified atom stereocenters. The molecule has 142 valence electrons. The maximum absolute atomic E-state index is 4.59. The zero-order chi connectivity index (χ0) is 18.2. The summed E-state index contributed by atoms with van der Waals surface area (Å²) in [7, 11) is 0. The highest BCUT2D eigenvalue weighted by molar-refractivity contribution is 5.39. The van der Waals surface area contributed by atoms with E-state index in [1.807, 2.05) is 20.0 Å². The Hall–Kier alpha value is -1.09. The molecule has 2 fully saturated rings. The Morgan fingerprint density at radius 1 is 0.960 bits per heavy atom. The Morgan fingerprint density at radius 2 is 1.52 bits per heavy atom. The molecule has 3 heterocycles. The van der Waals surface area contributed by atoms with Crippen LogP contribution in [0.25, 0.3) is 0 Å². The molecule has 0 N–H and O–H groups in total. The summed E-state index contributed by atoms with van der Waals surface area (Å²) in [5, 5.41) is 0. The number of hydrogen-bond donors (Lipinski definition) is 0. The van der Waals surface area contributed by atoms with Crippen LogP contribution in [0.5, 0.6) is 0 Å². The minimum Gasteiger partial charge on any atom is -0.357 e. The maximum atomic E-state index is 4.59. The Morgan fingerprint density at radius 3 is 2.00 bits per heavy atom. The number of anilines is 1. The van der Waals surface area contributed by atoms with Crippen molar-refractivity contribution < 1.29 is 0 Å². The van der Waals surface area contributed by atoms with Gasteiger partial charge in [0, 0.05) is 25.3 Å². The second kappa shape index (κ2) is 10.2. The third kappa shape index (κ3) is 5.99. The number of nitrogens with zero attached hydrogens (tertiary/aromatic N) is 3. The highest BCUT2D eigenvalue weighted by atomic mass is 15.2. The molecule has 1 aromatic rings. The van der Waals surface area contributed by atoms with Gasteiger partial charge in [0.15, 0.2) is 0 Å². The first kappa shape index (κ1) is 20.2. The minimum absolute atomic E-state index is 0.723. The van der Waals surface area contributed by atoms with Crippen LogP contribution in [-0.2, 0) is 0 Å². The van der Waals surface area contributed by atoms with Crippen molar-refractivity contribution in [3.8, 4) is 0 Å². The summed E-state index contributed by atoms with van der Waals surface area (Å²) >= 11 is 0. The number of likely N-dealkylation sites (tertiary alicyclic amines) is 1. The molecule has 3 heteroatoms. The fourth-order valence-electron chi connectivity index (χ4n) is 4.22. The number of pyridine rings is 1. The highest BCUT2D eigenvalue weighted by Gasteiger charge is 2.26. The second-order valence-electron chi connectivity index (χ2n) is 7.93. The van der Waals surface area contributed by atoms with Crippen LogP contribution in [0.2, 0.25) is 0 Å². The van der Waals surface area contributed by atoms with E-state index in [0.29, 0.717) is 0 Å². The van der Waals surface area contributed by atoms with E-state index in [1.54, 1.807) is 0 Å². The predicted molar refractivity (Wildman–Crippen MR) is 109 cm³/mol. The van der Waals surface area contributed by atoms with E-state index < -0.39 is 0 Å². The largest absolute Gasteiger partial charge is 0.357 e. The lowest BCUT2D eigenvalue weighted by Gasteiger charge is -2.38. The van der Waals surface area contributed by atoms with Crippen LogP contribution in [0, 0.1) is 18.8 Å². The average molecular weight is 346 g/mol. The summed E-state index contributed by atoms with van der Waals surface area (Å²) < 4.78 is 0. The lowest BCUT2D eigenvalue weighted by molar-refractivity contribution is 0.133. The number of aromatic nitrogens is 1. The van der Waals surface area contributed by atoms with E-state index in [-0.39, 0.29) is 0 Å². The van der Waals surface area contributed by atoms with Gasteiger partial charge in [-0.25, -0.2) is 4.98 Å². The first-order valence-corrected chi connectivity index (χ1v) is 10.5. The number of aryl methyl sites for hydroxylation is 1. The van der Waals surface area contributed by atoms with Gasteiger partial charge < -0.3 is 9.80 Å². The van der Waals surface area contributed by atoms with Crippen molar-refractivity contribution in [3.63, 3.8) is 0 Å². The van der Waals surface area contributed by atoms with E-state index in [4.69, 9.17) is 0 Å². The molecule has 2 aliphatic heterocycles. The molecule has 0 amide bonds. The molecule has 3 nitrogen and oxygen atoms in total. The lowest BCUT2D eigenvalue weighted by atomic mass is 9.82. The van der Waals surface area contributed by atoms with Crippen LogP contribution >= 0.6 is 0 Å². The Kier molecular flexibility index (Phi) is 8.21. The third-order valence-electron chi connectivity index (χ3n) is 5.88. The van der Waals surface area contributed by atoms with Crippen molar-refractivity contribution in [1.29, 1.82) is 0 Å². The van der Waals surface area contributed by atoms with Gasteiger partial charge in [-0.15, -0.1) is 0 Å². The van der Waals surface area contributed by atoms with Crippen molar-refractivity contribution in [2.75, 3.05) is 31.1 Å². The van der Waals surface area contributed by atoms with E-state index >= 15 is 0 Å². The van der Waals surface area contributed by atoms with Crippen molar-refractivity contribution in [2.24, 2.45) is 11.8 Å². The zero-order valence-electron chi connectivity index (χ0n) is 17.2. The van der Waals surface area contributed by atoms with Crippen LogP contribution in [-0.4, -0.2) is 42.1 Å². The average Bonchev–Trinajstić information content (AvgIpc) is 2.65. The SMILES string of the molecule is CC.Cc1ccc(N2CCC(CC3CCN(C(C)C)CC3)CC2)nc1. The standard InChI is InChI=1S/C20H33N3.C2H6/c1-16(2)22-10-6-18(7-11-22)14-19-8-12-23(13-9-19)20-5-4-17(3)15-21-20;1-2/h4-5,15-16,18-19H,6-14H2,1-3H3;1-2H3. The molecule has 2 saturated heterocycles. The molecular formula is C22H39N3. The van der Waals surface area contributed by atoms with Gasteiger partial charge in [0.25, 0.3) is 0 Å². The van der Waals surface area contributed by atoms with Crippen LogP contribution in [0.15, 0.2) is 18.3 Å². The van der Waals surface area contributed by atoms with Gasteiger partial charge in [0.05, 0.1) is 0 Å². The Balaban J connectivity index is 0.00000109. The number of piperidine rings is 2. The molecule has 0 aromatic carbocycles. The first-order valence-electron chi connectivity index (χ1n) is 10.5. The van der Waals surface area contributed by atoms with Crippen molar-refractivity contribution >= 4 is 5.82 Å². The molecular weight excluding hydrogens is 306 g/mol. The van der Waals surface area contributed by atoms with Crippen LogP contribution in [0.3, 0.4) is 0 Å². The minimum atomic E-state index is 0.723. The summed E-state index contributed by atoms with van der Waals surface area (Å²) in [5.74, 6) is 3.07. The molecule has 2 aliphatic rings. The smallest absolute Gasteiger partial charge is 0.128 e. The molecule has 0 aliphatic carbocycles. The predicted octanol–water partition coefficient (Wildman–Crippen LogP) is 5.14. The molecule has 25 heavy (non-hydrogen) atoms.